The van der Waals surface area contributed by atoms with Gasteiger partial charge in [0.2, 0.25) is 5.91 Å². The van der Waals surface area contributed by atoms with Crippen LogP contribution in [-0.4, -0.2) is 46.7 Å². The van der Waals surface area contributed by atoms with Gasteiger partial charge in [-0.05, 0) is 56.1 Å². The van der Waals surface area contributed by atoms with E-state index < -0.39 is 0 Å². The fourth-order valence-corrected chi connectivity index (χ4v) is 4.01. The van der Waals surface area contributed by atoms with Crippen LogP contribution in [0.4, 0.5) is 5.69 Å². The van der Waals surface area contributed by atoms with Gasteiger partial charge in [-0.2, -0.15) is 10.4 Å². The topological polar surface area (TPSA) is 76.0 Å². The predicted molar refractivity (Wildman–Crippen MR) is 94.1 cm³/mol. The Bertz CT molecular complexity index is 777. The lowest BCUT2D eigenvalue weighted by Crippen LogP contribution is -2.46. The van der Waals surface area contributed by atoms with E-state index in [1.54, 1.807) is 18.3 Å². The summed E-state index contributed by atoms with van der Waals surface area (Å²) in [4.78, 5) is 17.1. The van der Waals surface area contributed by atoms with Crippen LogP contribution in [0.2, 0.25) is 0 Å². The number of aromatic amines is 1. The number of hydrogen-bond donors (Lipinski definition) is 1. The fourth-order valence-electron chi connectivity index (χ4n) is 4.01. The van der Waals surface area contributed by atoms with Crippen molar-refractivity contribution in [1.82, 2.24) is 15.1 Å². The van der Waals surface area contributed by atoms with E-state index in [9.17, 15) is 4.79 Å². The number of nitrogens with zero attached hydrogens (tertiary/aromatic N) is 4. The molecule has 1 amide bonds. The molecule has 0 spiro atoms. The van der Waals surface area contributed by atoms with Gasteiger partial charge in [-0.15, -0.1) is 0 Å². The Balaban J connectivity index is 1.46. The van der Waals surface area contributed by atoms with E-state index in [2.05, 4.69) is 21.2 Å². The minimum absolute atomic E-state index is 0.0404. The average Bonchev–Trinajstić information content (AvgIpc) is 3.32. The third-order valence-electron chi connectivity index (χ3n) is 5.34. The number of likely N-dealkylation sites (tertiary alicyclic amines) is 1. The van der Waals surface area contributed by atoms with Crippen molar-refractivity contribution < 1.29 is 4.79 Å². The van der Waals surface area contributed by atoms with Crippen LogP contribution in [-0.2, 0) is 4.79 Å². The summed E-state index contributed by atoms with van der Waals surface area (Å²) in [5.74, 6) is 0.600. The summed E-state index contributed by atoms with van der Waals surface area (Å²) < 4.78 is 0. The van der Waals surface area contributed by atoms with Crippen LogP contribution >= 0.6 is 0 Å². The van der Waals surface area contributed by atoms with Crippen LogP contribution in [0.15, 0.2) is 36.5 Å². The highest BCUT2D eigenvalue weighted by atomic mass is 16.2. The SMILES string of the molecule is N#Cc1ccc(N2CC[C@H](N3CCC[C@H](c4ccn[nH]4)C3)C2=O)cc1. The van der Waals surface area contributed by atoms with Crippen LogP contribution in [0.1, 0.15) is 36.4 Å². The number of H-pyrrole nitrogens is 1. The number of carbonyl (C=O) groups is 1. The molecule has 4 rings (SSSR count). The normalized spacial score (nSPS) is 24.4. The molecule has 1 N–H and O–H groups in total. The molecular weight excluding hydrogens is 314 g/mol. The van der Waals surface area contributed by atoms with Crippen molar-refractivity contribution in [3.63, 3.8) is 0 Å². The van der Waals surface area contributed by atoms with Crippen LogP contribution in [0.5, 0.6) is 0 Å². The number of piperidine rings is 1. The van der Waals surface area contributed by atoms with Crippen LogP contribution in [0, 0.1) is 11.3 Å². The molecular formula is C19H21N5O. The van der Waals surface area contributed by atoms with Gasteiger partial charge < -0.3 is 4.90 Å². The number of carbonyl (C=O) groups excluding carboxylic acids is 1. The number of nitriles is 1. The number of hydrogen-bond acceptors (Lipinski definition) is 4. The molecule has 2 aromatic rings. The third-order valence-corrected chi connectivity index (χ3v) is 5.34. The minimum atomic E-state index is -0.0404. The Labute approximate surface area is 147 Å². The Morgan fingerprint density at radius 2 is 2.00 bits per heavy atom. The molecule has 25 heavy (non-hydrogen) atoms. The first-order valence-electron chi connectivity index (χ1n) is 8.81. The zero-order valence-electron chi connectivity index (χ0n) is 14.1. The Kier molecular flexibility index (Phi) is 4.24. The number of amides is 1. The van der Waals surface area contributed by atoms with Gasteiger partial charge in [-0.25, -0.2) is 0 Å². The summed E-state index contributed by atoms with van der Waals surface area (Å²) >= 11 is 0. The van der Waals surface area contributed by atoms with E-state index in [4.69, 9.17) is 5.26 Å². The number of anilines is 1. The molecule has 2 aliphatic rings. The molecule has 3 heterocycles. The van der Waals surface area contributed by atoms with Gasteiger partial charge in [-0.3, -0.25) is 14.8 Å². The summed E-state index contributed by atoms with van der Waals surface area (Å²) in [5, 5.41) is 16.1. The molecule has 1 aromatic heterocycles. The van der Waals surface area contributed by atoms with Gasteiger partial charge in [0.15, 0.2) is 0 Å². The highest BCUT2D eigenvalue weighted by Crippen LogP contribution is 2.31. The Hall–Kier alpha value is -2.65. The van der Waals surface area contributed by atoms with Crippen molar-refractivity contribution >= 4 is 11.6 Å². The third kappa shape index (κ3) is 3.03. The summed E-state index contributed by atoms with van der Waals surface area (Å²) in [6.45, 7) is 2.61. The smallest absolute Gasteiger partial charge is 0.244 e. The average molecular weight is 335 g/mol. The number of benzene rings is 1. The molecule has 0 bridgehead atoms. The van der Waals surface area contributed by atoms with Gasteiger partial charge in [-0.1, -0.05) is 0 Å². The second-order valence-corrected chi connectivity index (χ2v) is 6.80. The lowest BCUT2D eigenvalue weighted by molar-refractivity contribution is -0.122. The summed E-state index contributed by atoms with van der Waals surface area (Å²) in [7, 11) is 0. The molecule has 6 nitrogen and oxygen atoms in total. The van der Waals surface area contributed by atoms with Gasteiger partial charge in [0, 0.05) is 36.6 Å². The second kappa shape index (κ2) is 6.69. The fraction of sp³-hybridized carbons (Fsp3) is 0.421. The number of aromatic nitrogens is 2. The van der Waals surface area contributed by atoms with Gasteiger partial charge in [0.05, 0.1) is 17.7 Å². The van der Waals surface area contributed by atoms with E-state index in [1.165, 1.54) is 5.69 Å². The maximum atomic E-state index is 13.0. The lowest BCUT2D eigenvalue weighted by Gasteiger charge is -2.35. The van der Waals surface area contributed by atoms with Crippen LogP contribution < -0.4 is 4.90 Å². The van der Waals surface area contributed by atoms with Crippen LogP contribution in [0.25, 0.3) is 0 Å². The van der Waals surface area contributed by atoms with E-state index in [-0.39, 0.29) is 11.9 Å². The van der Waals surface area contributed by atoms with Crippen molar-refractivity contribution in [3.8, 4) is 6.07 Å². The summed E-state index contributed by atoms with van der Waals surface area (Å²) in [5.41, 5.74) is 2.66. The highest BCUT2D eigenvalue weighted by Gasteiger charge is 2.38. The largest absolute Gasteiger partial charge is 0.311 e. The molecule has 128 valence electrons. The van der Waals surface area contributed by atoms with Gasteiger partial charge in [0.1, 0.15) is 0 Å². The number of rotatable bonds is 3. The molecule has 1 aromatic carbocycles. The molecule has 0 radical (unpaired) electrons. The summed E-state index contributed by atoms with van der Waals surface area (Å²) in [6, 6.07) is 11.4. The van der Waals surface area contributed by atoms with E-state index >= 15 is 0 Å². The first-order valence-corrected chi connectivity index (χ1v) is 8.81. The minimum Gasteiger partial charge on any atom is -0.311 e. The molecule has 2 aliphatic heterocycles. The number of nitrogens with one attached hydrogen (secondary N) is 1. The molecule has 2 atom stereocenters. The summed E-state index contributed by atoms with van der Waals surface area (Å²) in [6.07, 6.45) is 4.89. The quantitative estimate of drug-likeness (QED) is 0.933. The maximum absolute atomic E-state index is 13.0. The van der Waals surface area contributed by atoms with E-state index in [0.29, 0.717) is 11.5 Å². The Morgan fingerprint density at radius 1 is 1.16 bits per heavy atom. The van der Waals surface area contributed by atoms with Crippen molar-refractivity contribution in [2.75, 3.05) is 24.5 Å². The second-order valence-electron chi connectivity index (χ2n) is 6.80. The molecule has 0 aliphatic carbocycles. The predicted octanol–water partition coefficient (Wildman–Crippen LogP) is 2.27. The molecule has 0 unspecified atom stereocenters. The zero-order valence-corrected chi connectivity index (χ0v) is 14.1. The van der Waals surface area contributed by atoms with Crippen LogP contribution in [0.3, 0.4) is 0 Å². The molecule has 6 heteroatoms. The highest BCUT2D eigenvalue weighted by molar-refractivity contribution is 5.99. The van der Waals surface area contributed by atoms with Crippen molar-refractivity contribution in [2.45, 2.75) is 31.2 Å². The molecule has 2 fully saturated rings. The van der Waals surface area contributed by atoms with Crippen molar-refractivity contribution in [1.29, 1.82) is 5.26 Å². The van der Waals surface area contributed by atoms with Crippen molar-refractivity contribution in [2.24, 2.45) is 0 Å². The van der Waals surface area contributed by atoms with E-state index in [0.717, 1.165) is 44.6 Å². The molecule has 2 saturated heterocycles. The lowest BCUT2D eigenvalue weighted by atomic mass is 9.93. The molecule has 0 saturated carbocycles. The first-order chi connectivity index (χ1) is 12.3. The van der Waals surface area contributed by atoms with Crippen molar-refractivity contribution in [3.05, 3.63) is 47.8 Å². The Morgan fingerprint density at radius 3 is 2.72 bits per heavy atom. The maximum Gasteiger partial charge on any atom is 0.244 e. The zero-order chi connectivity index (χ0) is 17.2. The monoisotopic (exact) mass is 335 g/mol. The van der Waals surface area contributed by atoms with Gasteiger partial charge >= 0.3 is 0 Å². The van der Waals surface area contributed by atoms with Gasteiger partial charge in [0.25, 0.3) is 0 Å². The standard InChI is InChI=1S/C19H21N5O/c20-12-14-3-5-16(6-4-14)24-11-8-18(19(24)25)23-10-1-2-15(13-23)17-7-9-21-22-17/h3-7,9,15,18H,1-2,8,10-11,13H2,(H,21,22)/t15-,18-/m0/s1. The van der Waals surface area contributed by atoms with E-state index in [1.807, 2.05) is 23.1 Å². The first kappa shape index (κ1) is 15.9.